The minimum atomic E-state index is -0.886. The first-order valence-electron chi connectivity index (χ1n) is 5.01. The van der Waals surface area contributed by atoms with Crippen LogP contribution in [0.5, 0.6) is 0 Å². The number of aromatic amines is 1. The van der Waals surface area contributed by atoms with E-state index >= 15 is 0 Å². The number of aliphatic hydroxyl groups is 2. The number of aromatic nitrogens is 2. The van der Waals surface area contributed by atoms with Crippen LogP contribution in [0.3, 0.4) is 0 Å². The van der Waals surface area contributed by atoms with Crippen molar-refractivity contribution >= 4 is 0 Å². The Bertz CT molecular complexity index is 663. The summed E-state index contributed by atoms with van der Waals surface area (Å²) in [7, 11) is 0. The average molecular weight is 251 g/mol. The van der Waals surface area contributed by atoms with Crippen LogP contribution in [0, 0.1) is 11.3 Å². The van der Waals surface area contributed by atoms with E-state index in [0.717, 1.165) is 10.8 Å². The van der Waals surface area contributed by atoms with Crippen molar-refractivity contribution in [1.82, 2.24) is 9.55 Å². The van der Waals surface area contributed by atoms with Gasteiger partial charge >= 0.3 is 5.69 Å². The Morgan fingerprint density at radius 3 is 2.89 bits per heavy atom. The molecule has 18 heavy (non-hydrogen) atoms. The van der Waals surface area contributed by atoms with Gasteiger partial charge in [-0.2, -0.15) is 5.26 Å². The van der Waals surface area contributed by atoms with Crippen LogP contribution >= 0.6 is 0 Å². The van der Waals surface area contributed by atoms with Crippen molar-refractivity contribution in [2.75, 3.05) is 6.61 Å². The van der Waals surface area contributed by atoms with Crippen molar-refractivity contribution in [3.63, 3.8) is 0 Å². The van der Waals surface area contributed by atoms with Gasteiger partial charge in [0.05, 0.1) is 6.42 Å². The van der Waals surface area contributed by atoms with Crippen LogP contribution in [0.2, 0.25) is 0 Å². The second kappa shape index (κ2) is 4.38. The number of ether oxygens (including phenoxy) is 1. The molecule has 0 spiro atoms. The van der Waals surface area contributed by atoms with Crippen LogP contribution in [0.1, 0.15) is 18.2 Å². The summed E-state index contributed by atoms with van der Waals surface area (Å²) in [6, 6.07) is 1.64. The van der Waals surface area contributed by atoms with Crippen LogP contribution in [-0.2, 0) is 4.74 Å². The third-order valence-electron chi connectivity index (χ3n) is 2.51. The van der Waals surface area contributed by atoms with Crippen LogP contribution in [-0.4, -0.2) is 26.4 Å². The smallest absolute Gasteiger partial charge is 0.331 e. The van der Waals surface area contributed by atoms with Gasteiger partial charge in [0.2, 0.25) is 0 Å². The molecule has 8 nitrogen and oxygen atoms in total. The zero-order valence-electron chi connectivity index (χ0n) is 9.08. The maximum atomic E-state index is 11.6. The summed E-state index contributed by atoms with van der Waals surface area (Å²) >= 11 is 0. The molecule has 0 saturated heterocycles. The molecule has 1 aromatic heterocycles. The van der Waals surface area contributed by atoms with Crippen LogP contribution in [0.25, 0.3) is 0 Å². The lowest BCUT2D eigenvalue weighted by atomic mass is 10.3. The Morgan fingerprint density at radius 2 is 2.33 bits per heavy atom. The molecule has 0 aromatic carbocycles. The summed E-state index contributed by atoms with van der Waals surface area (Å²) in [5.74, 6) is -0.198. The number of aliphatic hydroxyl groups excluding tert-OH is 2. The Hall–Kier alpha value is -2.53. The standard InChI is InChI=1S/C10H9N3O5/c11-2-5-3-13(10(17)12-9(5)16)8-1-6(15)7(4-14)18-8/h3,8,14-15H,1,4H2,(H,12,16,17)/t8-/m1/s1. The van der Waals surface area contributed by atoms with Crippen LogP contribution < -0.4 is 11.2 Å². The zero-order chi connectivity index (χ0) is 13.3. The number of nitrogens with zero attached hydrogens (tertiary/aromatic N) is 2. The highest BCUT2D eigenvalue weighted by Crippen LogP contribution is 2.29. The van der Waals surface area contributed by atoms with Crippen molar-refractivity contribution in [1.29, 1.82) is 5.26 Å². The monoisotopic (exact) mass is 251 g/mol. The Balaban J connectivity index is 2.41. The fourth-order valence-corrected chi connectivity index (χ4v) is 1.62. The second-order valence-corrected chi connectivity index (χ2v) is 3.63. The molecule has 8 heteroatoms. The molecule has 2 heterocycles. The predicted octanol–water partition coefficient (Wildman–Crippen LogP) is -0.911. The summed E-state index contributed by atoms with van der Waals surface area (Å²) in [4.78, 5) is 24.7. The minimum absolute atomic E-state index is 0.0211. The summed E-state index contributed by atoms with van der Waals surface area (Å²) < 4.78 is 6.13. The number of H-pyrrole nitrogens is 1. The molecule has 2 rings (SSSR count). The van der Waals surface area contributed by atoms with E-state index in [1.54, 1.807) is 6.07 Å². The molecule has 0 aliphatic carbocycles. The second-order valence-electron chi connectivity index (χ2n) is 3.63. The fourth-order valence-electron chi connectivity index (χ4n) is 1.62. The third kappa shape index (κ3) is 1.87. The van der Waals surface area contributed by atoms with E-state index in [-0.39, 0.29) is 23.5 Å². The van der Waals surface area contributed by atoms with Crippen molar-refractivity contribution in [3.05, 3.63) is 44.1 Å². The third-order valence-corrected chi connectivity index (χ3v) is 2.51. The molecule has 1 aliphatic heterocycles. The van der Waals surface area contributed by atoms with Gasteiger partial charge in [0, 0.05) is 6.20 Å². The maximum Gasteiger partial charge on any atom is 0.331 e. The van der Waals surface area contributed by atoms with E-state index in [1.807, 2.05) is 4.98 Å². The van der Waals surface area contributed by atoms with Crippen molar-refractivity contribution in [2.24, 2.45) is 0 Å². The van der Waals surface area contributed by atoms with Gasteiger partial charge in [-0.25, -0.2) is 4.79 Å². The number of nitriles is 1. The Morgan fingerprint density at radius 1 is 1.61 bits per heavy atom. The first-order chi connectivity index (χ1) is 8.56. The van der Waals surface area contributed by atoms with E-state index in [9.17, 15) is 14.7 Å². The van der Waals surface area contributed by atoms with Crippen LogP contribution in [0.15, 0.2) is 27.3 Å². The summed E-state index contributed by atoms with van der Waals surface area (Å²) in [6.07, 6.45) is 0.148. The largest absolute Gasteiger partial charge is 0.508 e. The Labute approximate surface area is 100.0 Å². The molecular weight excluding hydrogens is 242 g/mol. The number of hydrogen-bond acceptors (Lipinski definition) is 6. The lowest BCUT2D eigenvalue weighted by molar-refractivity contribution is 0.0591. The quantitative estimate of drug-likeness (QED) is 0.624. The van der Waals surface area contributed by atoms with Crippen LogP contribution in [0.4, 0.5) is 0 Å². The van der Waals surface area contributed by atoms with E-state index in [2.05, 4.69) is 0 Å². The fraction of sp³-hybridized carbons (Fsp3) is 0.300. The lowest BCUT2D eigenvalue weighted by Gasteiger charge is -2.14. The molecule has 1 atom stereocenters. The van der Waals surface area contributed by atoms with E-state index in [0.29, 0.717) is 0 Å². The minimum Gasteiger partial charge on any atom is -0.508 e. The molecule has 0 saturated carbocycles. The van der Waals surface area contributed by atoms with Crippen molar-refractivity contribution in [3.8, 4) is 6.07 Å². The summed E-state index contributed by atoms with van der Waals surface area (Å²) in [5, 5.41) is 27.0. The highest BCUT2D eigenvalue weighted by Gasteiger charge is 2.27. The normalized spacial score (nSPS) is 18.6. The van der Waals surface area contributed by atoms with Gasteiger partial charge in [-0.3, -0.25) is 14.3 Å². The first kappa shape index (κ1) is 11.9. The number of nitrogens with one attached hydrogen (secondary N) is 1. The molecule has 0 radical (unpaired) electrons. The molecular formula is C10H9N3O5. The highest BCUT2D eigenvalue weighted by molar-refractivity contribution is 5.22. The molecule has 0 fully saturated rings. The van der Waals surface area contributed by atoms with Gasteiger partial charge in [0.25, 0.3) is 5.56 Å². The number of hydrogen-bond donors (Lipinski definition) is 3. The van der Waals surface area contributed by atoms with Gasteiger partial charge < -0.3 is 14.9 Å². The highest BCUT2D eigenvalue weighted by atomic mass is 16.5. The Kier molecular flexibility index (Phi) is 2.91. The first-order valence-corrected chi connectivity index (χ1v) is 5.01. The zero-order valence-corrected chi connectivity index (χ0v) is 9.08. The lowest BCUT2D eigenvalue weighted by Crippen LogP contribution is -2.33. The topological polar surface area (TPSA) is 128 Å². The summed E-state index contributed by atoms with van der Waals surface area (Å²) in [5.41, 5.74) is -1.78. The molecule has 0 bridgehead atoms. The molecule has 1 aliphatic rings. The SMILES string of the molecule is N#Cc1cn([C@H]2CC(O)=C(CO)O2)c(=O)[nH]c1=O. The average Bonchev–Trinajstić information content (AvgIpc) is 2.70. The summed E-state index contributed by atoms with van der Waals surface area (Å²) in [6.45, 7) is -0.494. The molecule has 0 unspecified atom stereocenters. The molecule has 3 N–H and O–H groups in total. The van der Waals surface area contributed by atoms with Crippen molar-refractivity contribution < 1.29 is 14.9 Å². The van der Waals surface area contributed by atoms with E-state index in [4.69, 9.17) is 15.1 Å². The molecule has 94 valence electrons. The maximum absolute atomic E-state index is 11.6. The van der Waals surface area contributed by atoms with Gasteiger partial charge in [-0.1, -0.05) is 0 Å². The van der Waals surface area contributed by atoms with Gasteiger partial charge in [0.1, 0.15) is 24.0 Å². The van der Waals surface area contributed by atoms with Gasteiger partial charge in [-0.15, -0.1) is 0 Å². The number of rotatable bonds is 2. The van der Waals surface area contributed by atoms with E-state index < -0.39 is 24.1 Å². The molecule has 1 aromatic rings. The molecule has 0 amide bonds. The predicted molar refractivity (Wildman–Crippen MR) is 57.5 cm³/mol. The van der Waals surface area contributed by atoms with Crippen molar-refractivity contribution in [2.45, 2.75) is 12.6 Å². The van der Waals surface area contributed by atoms with Gasteiger partial charge in [-0.05, 0) is 0 Å². The van der Waals surface area contributed by atoms with E-state index in [1.165, 1.54) is 0 Å². The van der Waals surface area contributed by atoms with Gasteiger partial charge in [0.15, 0.2) is 12.0 Å².